The van der Waals surface area contributed by atoms with Crippen LogP contribution in [0.5, 0.6) is 5.75 Å². The minimum atomic E-state index is -0.226. The number of rotatable bonds is 5. The van der Waals surface area contributed by atoms with E-state index in [9.17, 15) is 9.90 Å². The lowest BCUT2D eigenvalue weighted by molar-refractivity contribution is -0.121. The van der Waals surface area contributed by atoms with E-state index in [0.29, 0.717) is 34.1 Å². The van der Waals surface area contributed by atoms with Crippen LogP contribution in [-0.2, 0) is 11.2 Å². The Morgan fingerprint density at radius 3 is 2.69 bits per heavy atom. The Kier molecular flexibility index (Phi) is 5.69. The van der Waals surface area contributed by atoms with Crippen LogP contribution >= 0.6 is 11.6 Å². The second-order valence-electron chi connectivity index (χ2n) is 7.58. The highest BCUT2D eigenvalue weighted by Crippen LogP contribution is 2.40. The number of aromatic hydroxyl groups is 1. The first kappa shape index (κ1) is 19.7. The first-order valence-electron chi connectivity index (χ1n) is 9.93. The van der Waals surface area contributed by atoms with Gasteiger partial charge in [0.05, 0.1) is 0 Å². The summed E-state index contributed by atoms with van der Waals surface area (Å²) in [4.78, 5) is 13.1. The first-order valence-corrected chi connectivity index (χ1v) is 10.3. The Morgan fingerprint density at radius 2 is 1.93 bits per heavy atom. The van der Waals surface area contributed by atoms with Gasteiger partial charge in [-0.3, -0.25) is 10.2 Å². The number of nitrogens with two attached hydrogens (primary N) is 1. The Labute approximate surface area is 173 Å². The van der Waals surface area contributed by atoms with E-state index in [0.717, 1.165) is 36.8 Å². The van der Waals surface area contributed by atoms with E-state index in [2.05, 4.69) is 15.6 Å². The molecule has 0 unspecified atom stereocenters. The smallest absolute Gasteiger partial charge is 0.234 e. The molecule has 1 fully saturated rings. The van der Waals surface area contributed by atoms with Crippen LogP contribution < -0.4 is 11.3 Å². The van der Waals surface area contributed by atoms with Gasteiger partial charge >= 0.3 is 0 Å². The van der Waals surface area contributed by atoms with Crippen LogP contribution in [0.25, 0.3) is 16.7 Å². The maximum absolute atomic E-state index is 11.6. The lowest BCUT2D eigenvalue weighted by Crippen LogP contribution is -2.30. The zero-order chi connectivity index (χ0) is 20.4. The zero-order valence-electron chi connectivity index (χ0n) is 16.1. The van der Waals surface area contributed by atoms with Gasteiger partial charge in [-0.05, 0) is 60.6 Å². The number of hydrogen-bond acceptors (Lipinski definition) is 5. The van der Waals surface area contributed by atoms with E-state index < -0.39 is 0 Å². The molecule has 152 valence electrons. The van der Waals surface area contributed by atoms with E-state index in [4.69, 9.17) is 17.4 Å². The number of aromatic nitrogens is 3. The molecule has 1 heterocycles. The normalized spacial score (nSPS) is 15.0. The monoisotopic (exact) mass is 413 g/mol. The average Bonchev–Trinajstić information content (AvgIpc) is 3.16. The number of carbonyl (C=O) groups excluding carboxylic acids is 1. The quantitative estimate of drug-likeness (QED) is 0.335. The van der Waals surface area contributed by atoms with Crippen molar-refractivity contribution in [3.8, 4) is 11.4 Å². The van der Waals surface area contributed by atoms with Crippen molar-refractivity contribution in [1.82, 2.24) is 20.4 Å². The summed E-state index contributed by atoms with van der Waals surface area (Å²) in [6, 6.07) is 9.16. The van der Waals surface area contributed by atoms with Crippen molar-refractivity contribution in [2.75, 3.05) is 0 Å². The molecule has 1 aromatic heterocycles. The third-order valence-electron chi connectivity index (χ3n) is 5.58. The molecule has 2 aromatic carbocycles. The van der Waals surface area contributed by atoms with Crippen molar-refractivity contribution in [2.24, 2.45) is 5.84 Å². The van der Waals surface area contributed by atoms with Crippen molar-refractivity contribution in [1.29, 1.82) is 0 Å². The van der Waals surface area contributed by atoms with Crippen LogP contribution in [0.15, 0.2) is 30.3 Å². The number of phenols is 1. The maximum Gasteiger partial charge on any atom is 0.234 e. The molecule has 0 atom stereocenters. The molecule has 4 rings (SSSR count). The summed E-state index contributed by atoms with van der Waals surface area (Å²) in [5.74, 6) is 5.48. The fraction of sp³-hybridized carbons (Fsp3) is 0.381. The SMILES string of the molecule is NNC(=O)CCc1cc(C2CCCCC2)c(O)c(-n2nc3ccc(Cl)cc3n2)c1. The van der Waals surface area contributed by atoms with Crippen molar-refractivity contribution in [3.63, 3.8) is 0 Å². The Balaban J connectivity index is 1.78. The predicted molar refractivity (Wildman–Crippen MR) is 112 cm³/mol. The topological polar surface area (TPSA) is 106 Å². The number of benzene rings is 2. The number of aryl methyl sites for hydroxylation is 1. The van der Waals surface area contributed by atoms with Gasteiger partial charge in [-0.15, -0.1) is 15.0 Å². The van der Waals surface area contributed by atoms with Gasteiger partial charge in [-0.2, -0.15) is 0 Å². The van der Waals surface area contributed by atoms with Gasteiger partial charge in [-0.1, -0.05) is 36.9 Å². The number of hydrogen-bond donors (Lipinski definition) is 3. The van der Waals surface area contributed by atoms with Crippen LogP contribution in [0, 0.1) is 0 Å². The minimum absolute atomic E-state index is 0.204. The Bertz CT molecular complexity index is 1040. The summed E-state index contributed by atoms with van der Waals surface area (Å²) in [7, 11) is 0. The Hall–Kier alpha value is -2.64. The number of nitrogens with zero attached hydrogens (tertiary/aromatic N) is 3. The van der Waals surface area contributed by atoms with Crippen LogP contribution in [0.1, 0.15) is 55.6 Å². The maximum atomic E-state index is 11.6. The second-order valence-corrected chi connectivity index (χ2v) is 8.01. The third kappa shape index (κ3) is 4.21. The number of carbonyl (C=O) groups is 1. The number of amides is 1. The van der Waals surface area contributed by atoms with E-state index in [-0.39, 0.29) is 18.1 Å². The van der Waals surface area contributed by atoms with Crippen LogP contribution in [0.2, 0.25) is 5.02 Å². The highest BCUT2D eigenvalue weighted by Gasteiger charge is 2.23. The van der Waals surface area contributed by atoms with Crippen LogP contribution in [0.3, 0.4) is 0 Å². The number of fused-ring (bicyclic) bond motifs is 1. The lowest BCUT2D eigenvalue weighted by Gasteiger charge is -2.24. The molecule has 1 amide bonds. The zero-order valence-corrected chi connectivity index (χ0v) is 16.8. The number of hydrazine groups is 1. The summed E-state index contributed by atoms with van der Waals surface area (Å²) < 4.78 is 0. The summed E-state index contributed by atoms with van der Waals surface area (Å²) in [6.45, 7) is 0. The van der Waals surface area contributed by atoms with Gasteiger partial charge in [0, 0.05) is 11.4 Å². The lowest BCUT2D eigenvalue weighted by atomic mass is 9.82. The standard InChI is InChI=1S/C21H24ClN5O2/c22-15-7-8-17-18(12-15)26-27(25-17)19-11-13(6-9-20(28)24-23)10-16(21(19)29)14-4-2-1-3-5-14/h7-8,10-12,14,29H,1-6,9,23H2,(H,24,28). The van der Waals surface area contributed by atoms with Crippen molar-refractivity contribution in [3.05, 3.63) is 46.5 Å². The number of nitrogens with one attached hydrogen (secondary N) is 1. The molecule has 0 aliphatic heterocycles. The molecule has 8 heteroatoms. The fourth-order valence-electron chi connectivity index (χ4n) is 4.05. The highest BCUT2D eigenvalue weighted by molar-refractivity contribution is 6.31. The highest BCUT2D eigenvalue weighted by atomic mass is 35.5. The van der Waals surface area contributed by atoms with E-state index in [1.807, 2.05) is 12.1 Å². The summed E-state index contributed by atoms with van der Waals surface area (Å²) in [5, 5.41) is 20.7. The summed E-state index contributed by atoms with van der Waals surface area (Å²) >= 11 is 6.07. The molecule has 1 aliphatic rings. The van der Waals surface area contributed by atoms with Gasteiger partial charge in [0.25, 0.3) is 0 Å². The van der Waals surface area contributed by atoms with Gasteiger partial charge in [0.15, 0.2) is 0 Å². The molecule has 0 radical (unpaired) electrons. The molecule has 0 bridgehead atoms. The van der Waals surface area contributed by atoms with Crippen molar-refractivity contribution >= 4 is 28.5 Å². The van der Waals surface area contributed by atoms with Gasteiger partial charge in [0.2, 0.25) is 5.91 Å². The number of phenolic OH excluding ortho intramolecular Hbond substituents is 1. The van der Waals surface area contributed by atoms with Crippen LogP contribution in [0.4, 0.5) is 0 Å². The molecule has 0 spiro atoms. The second kappa shape index (κ2) is 8.39. The van der Waals surface area contributed by atoms with Crippen molar-refractivity contribution < 1.29 is 9.90 Å². The molecular formula is C21H24ClN5O2. The minimum Gasteiger partial charge on any atom is -0.505 e. The van der Waals surface area contributed by atoms with Gasteiger partial charge < -0.3 is 5.11 Å². The van der Waals surface area contributed by atoms with Gasteiger partial charge in [-0.25, -0.2) is 5.84 Å². The fourth-order valence-corrected chi connectivity index (χ4v) is 4.22. The molecule has 3 aromatic rings. The molecule has 1 aliphatic carbocycles. The molecular weight excluding hydrogens is 390 g/mol. The average molecular weight is 414 g/mol. The van der Waals surface area contributed by atoms with Gasteiger partial charge in [0.1, 0.15) is 22.5 Å². The molecule has 0 saturated heterocycles. The van der Waals surface area contributed by atoms with Crippen molar-refractivity contribution in [2.45, 2.75) is 50.9 Å². The van der Waals surface area contributed by atoms with Crippen LogP contribution in [-0.4, -0.2) is 26.0 Å². The molecule has 7 nitrogen and oxygen atoms in total. The summed E-state index contributed by atoms with van der Waals surface area (Å²) in [6.07, 6.45) is 6.42. The molecule has 4 N–H and O–H groups in total. The number of halogens is 1. The molecule has 29 heavy (non-hydrogen) atoms. The van der Waals surface area contributed by atoms with E-state index in [1.165, 1.54) is 11.2 Å². The first-order chi connectivity index (χ1) is 14.0. The predicted octanol–water partition coefficient (Wildman–Crippen LogP) is 3.75. The third-order valence-corrected chi connectivity index (χ3v) is 5.82. The largest absolute Gasteiger partial charge is 0.505 e. The van der Waals surface area contributed by atoms with E-state index >= 15 is 0 Å². The van der Waals surface area contributed by atoms with E-state index in [1.54, 1.807) is 18.2 Å². The molecule has 1 saturated carbocycles. The Morgan fingerprint density at radius 1 is 1.17 bits per heavy atom. The summed E-state index contributed by atoms with van der Waals surface area (Å²) in [5.41, 5.74) is 5.89.